The molecule has 0 bridgehead atoms. The zero-order valence-corrected chi connectivity index (χ0v) is 39.7. The summed E-state index contributed by atoms with van der Waals surface area (Å²) in [5.74, 6) is 3.43. The fourth-order valence-electron chi connectivity index (χ4n) is 11.5. The van der Waals surface area contributed by atoms with E-state index in [0.717, 1.165) is 45.7 Å². The van der Waals surface area contributed by atoms with Crippen molar-refractivity contribution in [1.82, 2.24) is 0 Å². The Morgan fingerprint density at radius 1 is 0.348 bits per heavy atom. The normalized spacial score (nSPS) is 15.5. The van der Waals surface area contributed by atoms with Gasteiger partial charge in [0, 0.05) is 22.0 Å². The molecule has 326 valence electrons. The Morgan fingerprint density at radius 2 is 0.652 bits per heavy atom. The van der Waals surface area contributed by atoms with Crippen LogP contribution in [0.4, 0.5) is 34.1 Å². The maximum atomic E-state index is 6.58. The number of benzene rings is 8. The second-order valence-corrected chi connectivity index (χ2v) is 21.8. The zero-order valence-electron chi connectivity index (χ0n) is 39.7. The van der Waals surface area contributed by atoms with Gasteiger partial charge in [-0.2, -0.15) is 0 Å². The largest absolute Gasteiger partial charge is 0.453 e. The average molecular weight is 861 g/mol. The lowest BCUT2D eigenvalue weighted by Crippen LogP contribution is -2.22. The molecule has 0 aromatic heterocycles. The van der Waals surface area contributed by atoms with Crippen LogP contribution in [0.2, 0.25) is 0 Å². The highest BCUT2D eigenvalue weighted by Crippen LogP contribution is 2.63. The fraction of sp³-hybridized carbons (Fsp3) is 0.226. The summed E-state index contributed by atoms with van der Waals surface area (Å²) in [5.41, 5.74) is 21.5. The molecule has 4 nitrogen and oxygen atoms in total. The molecule has 0 saturated heterocycles. The Hall–Kier alpha value is -7.04. The van der Waals surface area contributed by atoms with Gasteiger partial charge in [0.1, 0.15) is 0 Å². The van der Waals surface area contributed by atoms with E-state index in [1.807, 2.05) is 0 Å². The van der Waals surface area contributed by atoms with E-state index in [1.54, 1.807) is 0 Å². The van der Waals surface area contributed by atoms with Crippen molar-refractivity contribution in [3.63, 3.8) is 0 Å². The third kappa shape index (κ3) is 5.70. The molecule has 0 amide bonds. The van der Waals surface area contributed by atoms with Crippen LogP contribution in [-0.2, 0) is 21.7 Å². The average Bonchev–Trinajstić information content (AvgIpc) is 3.68. The van der Waals surface area contributed by atoms with Crippen LogP contribution in [0.3, 0.4) is 0 Å². The highest BCUT2D eigenvalue weighted by Gasteiger charge is 2.46. The number of hydrogen-bond donors (Lipinski definition) is 0. The van der Waals surface area contributed by atoms with Crippen LogP contribution < -0.4 is 19.3 Å². The molecular formula is C62H56N2O2. The summed E-state index contributed by atoms with van der Waals surface area (Å²) < 4.78 is 13.2. The van der Waals surface area contributed by atoms with Crippen molar-refractivity contribution >= 4 is 34.1 Å². The fourth-order valence-corrected chi connectivity index (χ4v) is 11.5. The summed E-state index contributed by atoms with van der Waals surface area (Å²) in [7, 11) is 0. The van der Waals surface area contributed by atoms with Gasteiger partial charge in [0.15, 0.2) is 23.0 Å². The van der Waals surface area contributed by atoms with Crippen LogP contribution in [-0.4, -0.2) is 0 Å². The first-order chi connectivity index (χ1) is 31.5. The van der Waals surface area contributed by atoms with E-state index in [1.165, 1.54) is 78.1 Å². The van der Waals surface area contributed by atoms with Crippen molar-refractivity contribution in [2.75, 3.05) is 9.80 Å². The van der Waals surface area contributed by atoms with Gasteiger partial charge in [-0.1, -0.05) is 166 Å². The molecule has 4 heteroatoms. The summed E-state index contributed by atoms with van der Waals surface area (Å²) in [4.78, 5) is 4.91. The van der Waals surface area contributed by atoms with E-state index in [9.17, 15) is 0 Å². The molecule has 66 heavy (non-hydrogen) atoms. The molecule has 8 aromatic carbocycles. The van der Waals surface area contributed by atoms with E-state index in [0.29, 0.717) is 0 Å². The number of fused-ring (bicyclic) bond motifs is 10. The SMILES string of the molecule is CC(C)(C)c1cc(N2c3ccccc3Oc3ccccc32)c2c(c1)C(C)(C)c1c(-c3cccc4c3C(C)(C)c3cc(C(C)(C)C)cc(N5c6ccccc6Oc6ccccc65)c3-4)cccc1-2. The lowest BCUT2D eigenvalue weighted by molar-refractivity contribution is 0.476. The highest BCUT2D eigenvalue weighted by atomic mass is 16.5. The molecule has 0 radical (unpaired) electrons. The Balaban J connectivity index is 1.11. The molecule has 0 saturated carbocycles. The number of nitrogens with zero attached hydrogens (tertiary/aromatic N) is 2. The van der Waals surface area contributed by atoms with Crippen LogP contribution in [0.15, 0.2) is 158 Å². The quantitative estimate of drug-likeness (QED) is 0.177. The van der Waals surface area contributed by atoms with Crippen molar-refractivity contribution in [2.24, 2.45) is 0 Å². The van der Waals surface area contributed by atoms with Crippen LogP contribution in [0.5, 0.6) is 23.0 Å². The summed E-state index contributed by atoms with van der Waals surface area (Å²) in [6.45, 7) is 23.8. The number of anilines is 6. The maximum Gasteiger partial charge on any atom is 0.151 e. The van der Waals surface area contributed by atoms with E-state index >= 15 is 0 Å². The van der Waals surface area contributed by atoms with Gasteiger partial charge in [0.05, 0.1) is 34.1 Å². The van der Waals surface area contributed by atoms with Gasteiger partial charge in [-0.15, -0.1) is 0 Å². The molecule has 4 aliphatic rings. The van der Waals surface area contributed by atoms with Crippen LogP contribution in [0, 0.1) is 0 Å². The van der Waals surface area contributed by atoms with E-state index in [4.69, 9.17) is 9.47 Å². The van der Waals surface area contributed by atoms with Crippen molar-refractivity contribution in [1.29, 1.82) is 0 Å². The van der Waals surface area contributed by atoms with Gasteiger partial charge >= 0.3 is 0 Å². The predicted octanol–water partition coefficient (Wildman–Crippen LogP) is 17.7. The van der Waals surface area contributed by atoms with E-state index < -0.39 is 0 Å². The molecular weight excluding hydrogens is 805 g/mol. The predicted molar refractivity (Wildman–Crippen MR) is 274 cm³/mol. The van der Waals surface area contributed by atoms with Crippen molar-refractivity contribution in [3.05, 3.63) is 191 Å². The number of hydrogen-bond acceptors (Lipinski definition) is 4. The Labute approximate surface area is 390 Å². The first-order valence-electron chi connectivity index (χ1n) is 23.5. The van der Waals surface area contributed by atoms with E-state index in [-0.39, 0.29) is 21.7 Å². The van der Waals surface area contributed by atoms with E-state index in [2.05, 4.69) is 237 Å². The molecule has 2 aliphatic heterocycles. The standard InChI is InChI=1S/C62H56N2O2/c1-59(2,3)37-33-43-55(49(35-37)63-45-25-11-15-29-51(45)65-52-30-16-12-26-46(52)63)41-23-19-21-39(57(41)61(43,7)8)40-22-20-24-42-56-44(62(9,10)58(40)42)34-38(60(4,5)6)36-50(56)64-47-27-13-17-31-53(47)66-54-32-18-14-28-48(54)64/h11-36H,1-10H3. The molecule has 12 rings (SSSR count). The number of para-hydroxylation sites is 8. The topological polar surface area (TPSA) is 24.9 Å². The second kappa shape index (κ2) is 13.7. The molecule has 2 heterocycles. The molecule has 0 fully saturated rings. The first-order valence-corrected chi connectivity index (χ1v) is 23.5. The lowest BCUT2D eigenvalue weighted by atomic mass is 9.73. The zero-order chi connectivity index (χ0) is 45.7. The minimum Gasteiger partial charge on any atom is -0.453 e. The molecule has 2 aliphatic carbocycles. The molecule has 0 N–H and O–H groups in total. The molecule has 8 aromatic rings. The molecule has 0 atom stereocenters. The monoisotopic (exact) mass is 860 g/mol. The van der Waals surface area contributed by atoms with Gasteiger partial charge in [-0.25, -0.2) is 0 Å². The molecule has 0 unspecified atom stereocenters. The van der Waals surface area contributed by atoms with Gasteiger partial charge in [-0.3, -0.25) is 0 Å². The van der Waals surface area contributed by atoms with Crippen molar-refractivity contribution in [2.45, 2.75) is 90.9 Å². The smallest absolute Gasteiger partial charge is 0.151 e. The van der Waals surface area contributed by atoms with Crippen molar-refractivity contribution in [3.8, 4) is 56.4 Å². The van der Waals surface area contributed by atoms with Gasteiger partial charge < -0.3 is 19.3 Å². The number of ether oxygens (including phenoxy) is 2. The maximum absolute atomic E-state index is 6.58. The summed E-state index contributed by atoms with van der Waals surface area (Å²) in [6, 6.07) is 57.9. The first kappa shape index (κ1) is 40.5. The van der Waals surface area contributed by atoms with Crippen molar-refractivity contribution < 1.29 is 9.47 Å². The van der Waals surface area contributed by atoms with Gasteiger partial charge in [-0.05, 0) is 127 Å². The Kier molecular flexibility index (Phi) is 8.43. The summed E-state index contributed by atoms with van der Waals surface area (Å²) in [5, 5.41) is 0. The van der Waals surface area contributed by atoms with Gasteiger partial charge in [0.25, 0.3) is 0 Å². The van der Waals surface area contributed by atoms with Gasteiger partial charge in [0.2, 0.25) is 0 Å². The van der Waals surface area contributed by atoms with Crippen LogP contribution in [0.1, 0.15) is 103 Å². The third-order valence-corrected chi connectivity index (χ3v) is 14.9. The Morgan fingerprint density at radius 3 is 0.970 bits per heavy atom. The third-order valence-electron chi connectivity index (χ3n) is 14.9. The van der Waals surface area contributed by atoms with Crippen LogP contribution in [0.25, 0.3) is 33.4 Å². The summed E-state index contributed by atoms with van der Waals surface area (Å²) >= 11 is 0. The Bertz CT molecular complexity index is 3040. The molecule has 0 spiro atoms. The minimum absolute atomic E-state index is 0.0933. The minimum atomic E-state index is -0.327. The second-order valence-electron chi connectivity index (χ2n) is 21.8. The summed E-state index contributed by atoms with van der Waals surface area (Å²) in [6.07, 6.45) is 0. The highest BCUT2D eigenvalue weighted by molar-refractivity contribution is 6.03. The number of rotatable bonds is 3. The lowest BCUT2D eigenvalue weighted by Gasteiger charge is -2.35. The van der Waals surface area contributed by atoms with Crippen LogP contribution >= 0.6 is 0 Å².